The first-order valence-corrected chi connectivity index (χ1v) is 3.00. The van der Waals surface area contributed by atoms with Crippen molar-refractivity contribution < 1.29 is 29.6 Å². The first-order chi connectivity index (χ1) is 4.91. The Bertz CT molecular complexity index is 172. The first kappa shape index (κ1) is 8.25. The number of hydrogen-bond donors (Lipinski definition) is 3. The van der Waals surface area contributed by atoms with E-state index in [1.807, 2.05) is 0 Å². The number of aliphatic hydroxyl groups is 3. The van der Waals surface area contributed by atoms with Crippen LogP contribution >= 0.6 is 0 Å². The van der Waals surface area contributed by atoms with Crippen LogP contribution in [-0.4, -0.2) is 33.2 Å². The molecule has 0 aliphatic carbocycles. The number of cyclic esters (lactones) is 2. The van der Waals surface area contributed by atoms with Gasteiger partial charge in [0.2, 0.25) is 0 Å². The third-order valence-electron chi connectivity index (χ3n) is 1.47. The van der Waals surface area contributed by atoms with Gasteiger partial charge < -0.3 is 24.8 Å². The van der Waals surface area contributed by atoms with Crippen molar-refractivity contribution >= 4 is 6.16 Å². The standard InChI is InChI=1S/C5H8O6/c1-2-4(5(7,8)9)10-3(6)11-4/h7-9H,2H2,1H3. The molecule has 0 aromatic rings. The largest absolute Gasteiger partial charge is 0.515 e. The summed E-state index contributed by atoms with van der Waals surface area (Å²) in [5, 5.41) is 25.8. The fourth-order valence-electron chi connectivity index (χ4n) is 0.795. The Morgan fingerprint density at radius 1 is 1.45 bits per heavy atom. The number of carbonyl (C=O) groups is 1. The van der Waals surface area contributed by atoms with Gasteiger partial charge in [0.15, 0.2) is 0 Å². The number of carbonyl (C=O) groups excluding carboxylic acids is 1. The zero-order chi connectivity index (χ0) is 8.70. The van der Waals surface area contributed by atoms with Crippen molar-refractivity contribution in [3.63, 3.8) is 0 Å². The molecule has 1 heterocycles. The van der Waals surface area contributed by atoms with Crippen LogP contribution < -0.4 is 0 Å². The van der Waals surface area contributed by atoms with Crippen LogP contribution in [-0.2, 0) is 9.47 Å². The van der Waals surface area contributed by atoms with Crippen molar-refractivity contribution in [3.8, 4) is 0 Å². The quantitative estimate of drug-likeness (QED) is 0.353. The van der Waals surface area contributed by atoms with E-state index >= 15 is 0 Å². The lowest BCUT2D eigenvalue weighted by molar-refractivity contribution is -0.478. The van der Waals surface area contributed by atoms with E-state index in [1.165, 1.54) is 6.92 Å². The molecule has 1 aliphatic heterocycles. The number of hydrogen-bond acceptors (Lipinski definition) is 6. The second kappa shape index (κ2) is 2.07. The van der Waals surface area contributed by atoms with E-state index in [2.05, 4.69) is 9.47 Å². The summed E-state index contributed by atoms with van der Waals surface area (Å²) in [6.45, 7) is 1.46. The van der Waals surface area contributed by atoms with Gasteiger partial charge in [0.25, 0.3) is 0 Å². The van der Waals surface area contributed by atoms with Gasteiger partial charge in [-0.2, -0.15) is 0 Å². The summed E-state index contributed by atoms with van der Waals surface area (Å²) in [6, 6.07) is 0. The molecule has 1 aliphatic rings. The highest BCUT2D eigenvalue weighted by Gasteiger charge is 2.62. The van der Waals surface area contributed by atoms with Crippen molar-refractivity contribution in [2.75, 3.05) is 0 Å². The molecule has 0 aromatic carbocycles. The van der Waals surface area contributed by atoms with Crippen molar-refractivity contribution in [1.82, 2.24) is 0 Å². The summed E-state index contributed by atoms with van der Waals surface area (Å²) in [6.07, 6.45) is -1.09. The predicted molar refractivity (Wildman–Crippen MR) is 30.0 cm³/mol. The molecular weight excluding hydrogens is 156 g/mol. The second-order valence-electron chi connectivity index (χ2n) is 2.20. The summed E-state index contributed by atoms with van der Waals surface area (Å²) in [4.78, 5) is 10.1. The molecule has 1 saturated heterocycles. The summed E-state index contributed by atoms with van der Waals surface area (Å²) in [7, 11) is 0. The summed E-state index contributed by atoms with van der Waals surface area (Å²) < 4.78 is 8.46. The van der Waals surface area contributed by atoms with Crippen molar-refractivity contribution in [3.05, 3.63) is 0 Å². The molecule has 0 atom stereocenters. The molecule has 0 aromatic heterocycles. The monoisotopic (exact) mass is 164 g/mol. The third-order valence-corrected chi connectivity index (χ3v) is 1.47. The van der Waals surface area contributed by atoms with Crippen LogP contribution in [0.5, 0.6) is 0 Å². The molecule has 0 amide bonds. The van der Waals surface area contributed by atoms with Gasteiger partial charge in [0.1, 0.15) is 0 Å². The van der Waals surface area contributed by atoms with Crippen molar-refractivity contribution in [2.24, 2.45) is 0 Å². The Kier molecular flexibility index (Phi) is 1.55. The maximum absolute atomic E-state index is 10.1. The molecule has 0 spiro atoms. The molecular formula is C5H8O6. The second-order valence-corrected chi connectivity index (χ2v) is 2.20. The average molecular weight is 164 g/mol. The minimum atomic E-state index is -3.14. The van der Waals surface area contributed by atoms with Crippen LogP contribution in [0.15, 0.2) is 0 Å². The molecule has 0 unspecified atom stereocenters. The Labute approximate surface area is 62.0 Å². The molecule has 11 heavy (non-hydrogen) atoms. The molecule has 0 radical (unpaired) electrons. The van der Waals surface area contributed by atoms with Gasteiger partial charge in [0.05, 0.1) is 0 Å². The summed E-state index contributed by atoms with van der Waals surface area (Å²) in [5.74, 6) is -5.15. The van der Waals surface area contributed by atoms with Crippen LogP contribution in [0.25, 0.3) is 0 Å². The maximum Gasteiger partial charge on any atom is 0.515 e. The van der Waals surface area contributed by atoms with Crippen LogP contribution in [0.1, 0.15) is 13.3 Å². The fraction of sp³-hybridized carbons (Fsp3) is 0.800. The maximum atomic E-state index is 10.1. The topological polar surface area (TPSA) is 96.2 Å². The predicted octanol–water partition coefficient (Wildman–Crippen LogP) is -1.11. The van der Waals surface area contributed by atoms with Gasteiger partial charge in [0, 0.05) is 6.42 Å². The van der Waals surface area contributed by atoms with Gasteiger partial charge in [-0.3, -0.25) is 0 Å². The lowest BCUT2D eigenvalue weighted by Crippen LogP contribution is -2.65. The summed E-state index contributed by atoms with van der Waals surface area (Å²) >= 11 is 0. The van der Waals surface area contributed by atoms with Gasteiger partial charge in [-0.25, -0.2) is 4.79 Å². The minimum Gasteiger partial charge on any atom is -0.382 e. The van der Waals surface area contributed by atoms with E-state index in [1.54, 1.807) is 0 Å². The SMILES string of the molecule is CCC1(C(O)(O)O)OC(=O)O1. The Hall–Kier alpha value is -0.850. The molecule has 6 nitrogen and oxygen atoms in total. The van der Waals surface area contributed by atoms with Crippen molar-refractivity contribution in [2.45, 2.75) is 25.1 Å². The minimum absolute atomic E-state index is 0.0533. The van der Waals surface area contributed by atoms with Crippen LogP contribution in [0.4, 0.5) is 4.79 Å². The molecule has 1 rings (SSSR count). The van der Waals surface area contributed by atoms with E-state index in [-0.39, 0.29) is 6.42 Å². The lowest BCUT2D eigenvalue weighted by atomic mass is 10.1. The highest BCUT2D eigenvalue weighted by molar-refractivity contribution is 5.65. The molecule has 6 heteroatoms. The summed E-state index contributed by atoms with van der Waals surface area (Å²) in [5.41, 5.74) is 0. The van der Waals surface area contributed by atoms with Crippen LogP contribution in [0, 0.1) is 0 Å². The Morgan fingerprint density at radius 3 is 2.00 bits per heavy atom. The van der Waals surface area contributed by atoms with E-state index in [9.17, 15) is 4.79 Å². The zero-order valence-electron chi connectivity index (χ0n) is 5.77. The number of ether oxygens (including phenoxy) is 2. The van der Waals surface area contributed by atoms with E-state index < -0.39 is 17.9 Å². The van der Waals surface area contributed by atoms with Gasteiger partial charge in [-0.05, 0) is 0 Å². The van der Waals surface area contributed by atoms with E-state index in [0.29, 0.717) is 0 Å². The molecule has 1 fully saturated rings. The highest BCUT2D eigenvalue weighted by Crippen LogP contribution is 2.35. The zero-order valence-corrected chi connectivity index (χ0v) is 5.77. The lowest BCUT2D eigenvalue weighted by Gasteiger charge is -2.42. The van der Waals surface area contributed by atoms with Crippen molar-refractivity contribution in [1.29, 1.82) is 0 Å². The first-order valence-electron chi connectivity index (χ1n) is 3.00. The van der Waals surface area contributed by atoms with E-state index in [0.717, 1.165) is 0 Å². The van der Waals surface area contributed by atoms with Gasteiger partial charge in [-0.1, -0.05) is 6.92 Å². The van der Waals surface area contributed by atoms with Gasteiger partial charge in [-0.15, -0.1) is 0 Å². The Balaban J connectivity index is 2.72. The highest BCUT2D eigenvalue weighted by atomic mass is 16.9. The molecule has 0 saturated carbocycles. The normalized spacial score (nSPS) is 21.6. The molecule has 3 N–H and O–H groups in total. The third kappa shape index (κ3) is 1.05. The average Bonchev–Trinajstić information content (AvgIpc) is 1.77. The van der Waals surface area contributed by atoms with Gasteiger partial charge >= 0.3 is 17.9 Å². The Morgan fingerprint density at radius 2 is 1.91 bits per heavy atom. The van der Waals surface area contributed by atoms with Crippen LogP contribution in [0.2, 0.25) is 0 Å². The van der Waals surface area contributed by atoms with Crippen LogP contribution in [0.3, 0.4) is 0 Å². The van der Waals surface area contributed by atoms with E-state index in [4.69, 9.17) is 15.3 Å². The molecule has 0 bridgehead atoms. The number of rotatable bonds is 2. The smallest absolute Gasteiger partial charge is 0.382 e. The fourth-order valence-corrected chi connectivity index (χ4v) is 0.795. The molecule has 64 valence electrons.